The number of piperazine rings is 1. The van der Waals surface area contributed by atoms with Gasteiger partial charge in [-0.25, -0.2) is 9.97 Å². The van der Waals surface area contributed by atoms with Crippen molar-refractivity contribution in [2.75, 3.05) is 38.1 Å². The first-order valence-corrected chi connectivity index (χ1v) is 7.11. The zero-order chi connectivity index (χ0) is 14.2. The highest BCUT2D eigenvalue weighted by Crippen LogP contribution is 2.25. The summed E-state index contributed by atoms with van der Waals surface area (Å²) in [4.78, 5) is 13.9. The molecule has 4 heterocycles. The van der Waals surface area contributed by atoms with Gasteiger partial charge in [0.2, 0.25) is 0 Å². The average molecular weight is 283 g/mol. The molecule has 0 saturated carbocycles. The van der Waals surface area contributed by atoms with Crippen LogP contribution in [0.15, 0.2) is 41.6 Å². The first kappa shape index (κ1) is 12.4. The Morgan fingerprint density at radius 3 is 2.81 bits per heavy atom. The lowest BCUT2D eigenvalue weighted by atomic mass is 10.2. The molecule has 6 heteroatoms. The number of nitrogens with zero attached hydrogens (tertiary/aromatic N) is 5. The molecule has 6 nitrogen and oxygen atoms in total. The smallest absolute Gasteiger partial charge is 0.180 e. The maximum atomic E-state index is 5.18. The van der Waals surface area contributed by atoms with Crippen LogP contribution in [0.5, 0.6) is 0 Å². The second-order valence-electron chi connectivity index (χ2n) is 5.41. The van der Waals surface area contributed by atoms with Gasteiger partial charge in [0.25, 0.3) is 0 Å². The van der Waals surface area contributed by atoms with E-state index in [0.717, 1.165) is 48.9 Å². The lowest BCUT2D eigenvalue weighted by Gasteiger charge is -2.33. The molecule has 4 rings (SSSR count). The Labute approximate surface area is 122 Å². The molecular formula is C15H17N5O. The van der Waals surface area contributed by atoms with Crippen molar-refractivity contribution in [3.05, 3.63) is 37.2 Å². The molecule has 1 fully saturated rings. The van der Waals surface area contributed by atoms with Gasteiger partial charge in [0.15, 0.2) is 11.5 Å². The Balaban J connectivity index is 1.81. The predicted octanol–water partition coefficient (Wildman–Crippen LogP) is 1.74. The van der Waals surface area contributed by atoms with Crippen LogP contribution in [0.25, 0.3) is 16.9 Å². The molecule has 0 amide bonds. The lowest BCUT2D eigenvalue weighted by Crippen LogP contribution is -2.45. The summed E-state index contributed by atoms with van der Waals surface area (Å²) < 4.78 is 7.21. The Morgan fingerprint density at radius 2 is 2.05 bits per heavy atom. The minimum atomic E-state index is 0.906. The topological polar surface area (TPSA) is 49.8 Å². The van der Waals surface area contributed by atoms with Crippen LogP contribution in [0.2, 0.25) is 0 Å². The van der Waals surface area contributed by atoms with Gasteiger partial charge in [-0.3, -0.25) is 0 Å². The van der Waals surface area contributed by atoms with Gasteiger partial charge in [-0.2, -0.15) is 0 Å². The van der Waals surface area contributed by atoms with Crippen LogP contribution in [0.1, 0.15) is 0 Å². The fraction of sp³-hybridized carbons (Fsp3) is 0.333. The molecular weight excluding hydrogens is 266 g/mol. The van der Waals surface area contributed by atoms with E-state index in [1.54, 1.807) is 12.5 Å². The predicted molar refractivity (Wildman–Crippen MR) is 80.4 cm³/mol. The van der Waals surface area contributed by atoms with Gasteiger partial charge in [0, 0.05) is 50.3 Å². The van der Waals surface area contributed by atoms with Crippen LogP contribution in [-0.4, -0.2) is 52.5 Å². The normalized spacial score (nSPS) is 16.7. The van der Waals surface area contributed by atoms with E-state index >= 15 is 0 Å². The Kier molecular flexibility index (Phi) is 2.89. The largest absolute Gasteiger partial charge is 0.472 e. The van der Waals surface area contributed by atoms with Crippen LogP contribution < -0.4 is 4.90 Å². The first-order chi connectivity index (χ1) is 10.3. The number of aromatic nitrogens is 3. The minimum absolute atomic E-state index is 0.906. The molecule has 0 unspecified atom stereocenters. The highest BCUT2D eigenvalue weighted by Gasteiger charge is 2.20. The number of anilines is 1. The molecule has 0 N–H and O–H groups in total. The third-order valence-corrected chi connectivity index (χ3v) is 3.98. The lowest BCUT2D eigenvalue weighted by molar-refractivity contribution is 0.312. The molecule has 0 aromatic carbocycles. The molecule has 1 aliphatic heterocycles. The van der Waals surface area contributed by atoms with Gasteiger partial charge < -0.3 is 18.6 Å². The quantitative estimate of drug-likeness (QED) is 0.717. The molecule has 3 aromatic heterocycles. The summed E-state index contributed by atoms with van der Waals surface area (Å²) >= 11 is 0. The molecule has 3 aromatic rings. The number of hydrogen-bond acceptors (Lipinski definition) is 5. The van der Waals surface area contributed by atoms with Gasteiger partial charge in [-0.05, 0) is 13.1 Å². The number of rotatable bonds is 2. The van der Waals surface area contributed by atoms with Gasteiger partial charge in [0.05, 0.1) is 18.2 Å². The van der Waals surface area contributed by atoms with Crippen molar-refractivity contribution in [3.63, 3.8) is 0 Å². The van der Waals surface area contributed by atoms with Gasteiger partial charge in [-0.15, -0.1) is 0 Å². The van der Waals surface area contributed by atoms with Crippen molar-refractivity contribution in [2.24, 2.45) is 0 Å². The van der Waals surface area contributed by atoms with E-state index in [-0.39, 0.29) is 0 Å². The average Bonchev–Trinajstić information content (AvgIpc) is 3.18. The molecule has 1 aliphatic rings. The number of furan rings is 1. The van der Waals surface area contributed by atoms with Gasteiger partial charge in [-0.1, -0.05) is 0 Å². The van der Waals surface area contributed by atoms with Crippen molar-refractivity contribution >= 4 is 11.5 Å². The molecule has 0 radical (unpaired) electrons. The zero-order valence-corrected chi connectivity index (χ0v) is 11.9. The Bertz CT molecular complexity index is 741. The minimum Gasteiger partial charge on any atom is -0.472 e. The van der Waals surface area contributed by atoms with Crippen LogP contribution >= 0.6 is 0 Å². The fourth-order valence-corrected chi connectivity index (χ4v) is 2.69. The fourth-order valence-electron chi connectivity index (χ4n) is 2.69. The van der Waals surface area contributed by atoms with Crippen LogP contribution in [0, 0.1) is 0 Å². The number of fused-ring (bicyclic) bond motifs is 1. The van der Waals surface area contributed by atoms with Crippen molar-refractivity contribution in [2.45, 2.75) is 0 Å². The van der Waals surface area contributed by atoms with E-state index < -0.39 is 0 Å². The maximum Gasteiger partial charge on any atom is 0.180 e. The second kappa shape index (κ2) is 4.89. The Morgan fingerprint density at radius 1 is 1.19 bits per heavy atom. The van der Waals surface area contributed by atoms with Crippen molar-refractivity contribution in [1.29, 1.82) is 0 Å². The van der Waals surface area contributed by atoms with E-state index in [2.05, 4.69) is 21.8 Å². The third-order valence-electron chi connectivity index (χ3n) is 3.98. The van der Waals surface area contributed by atoms with Crippen LogP contribution in [0.3, 0.4) is 0 Å². The SMILES string of the molecule is CN1CCN(c2nc(-c3ccoc3)cn3ccnc23)CC1. The highest BCUT2D eigenvalue weighted by molar-refractivity contribution is 5.70. The second-order valence-corrected chi connectivity index (χ2v) is 5.41. The monoisotopic (exact) mass is 283 g/mol. The van der Waals surface area contributed by atoms with Crippen molar-refractivity contribution in [1.82, 2.24) is 19.3 Å². The molecule has 0 atom stereocenters. The third kappa shape index (κ3) is 2.17. The van der Waals surface area contributed by atoms with E-state index in [9.17, 15) is 0 Å². The highest BCUT2D eigenvalue weighted by atomic mass is 16.3. The summed E-state index contributed by atoms with van der Waals surface area (Å²) in [6, 6.07) is 1.93. The molecule has 21 heavy (non-hydrogen) atoms. The van der Waals surface area contributed by atoms with E-state index in [4.69, 9.17) is 9.40 Å². The first-order valence-electron chi connectivity index (χ1n) is 7.11. The summed E-state index contributed by atoms with van der Waals surface area (Å²) in [5, 5.41) is 0. The molecule has 0 spiro atoms. The van der Waals surface area contributed by atoms with Gasteiger partial charge >= 0.3 is 0 Å². The number of imidazole rings is 1. The molecule has 108 valence electrons. The molecule has 0 aliphatic carbocycles. The van der Waals surface area contributed by atoms with E-state index in [0.29, 0.717) is 0 Å². The summed E-state index contributed by atoms with van der Waals surface area (Å²) in [7, 11) is 2.15. The maximum absolute atomic E-state index is 5.18. The van der Waals surface area contributed by atoms with E-state index in [1.165, 1.54) is 0 Å². The van der Waals surface area contributed by atoms with E-state index in [1.807, 2.05) is 29.1 Å². The Hall–Kier alpha value is -2.34. The standard InChI is InChI=1S/C15H17N5O/c1-18-5-7-19(8-6-18)15-14-16-3-4-20(14)10-13(17-15)12-2-9-21-11-12/h2-4,9-11H,5-8H2,1H3. The van der Waals surface area contributed by atoms with Crippen molar-refractivity contribution < 1.29 is 4.42 Å². The summed E-state index contributed by atoms with van der Waals surface area (Å²) in [5.41, 5.74) is 2.80. The van der Waals surface area contributed by atoms with Crippen molar-refractivity contribution in [3.8, 4) is 11.3 Å². The molecule has 1 saturated heterocycles. The number of likely N-dealkylation sites (N-methyl/N-ethyl adjacent to an activating group) is 1. The summed E-state index contributed by atoms with van der Waals surface area (Å²) in [6.07, 6.45) is 9.16. The van der Waals surface area contributed by atoms with Crippen LogP contribution in [-0.2, 0) is 0 Å². The molecule has 0 bridgehead atoms. The summed E-state index contributed by atoms with van der Waals surface area (Å²) in [6.45, 7) is 4.04. The summed E-state index contributed by atoms with van der Waals surface area (Å²) in [5.74, 6) is 0.951. The van der Waals surface area contributed by atoms with Gasteiger partial charge in [0.1, 0.15) is 0 Å². The number of hydrogen-bond donors (Lipinski definition) is 0. The zero-order valence-electron chi connectivity index (χ0n) is 11.9. The van der Waals surface area contributed by atoms with Crippen LogP contribution in [0.4, 0.5) is 5.82 Å².